The van der Waals surface area contributed by atoms with Crippen LogP contribution in [0.1, 0.15) is 12.1 Å². The fraction of sp³-hybridized carbons (Fsp3) is 0.500. The first-order chi connectivity index (χ1) is 11.6. The maximum Gasteiger partial charge on any atom is 0.392 e. The van der Waals surface area contributed by atoms with E-state index >= 15 is 0 Å². The van der Waals surface area contributed by atoms with Crippen molar-refractivity contribution in [2.75, 3.05) is 13.3 Å². The Morgan fingerprint density at radius 3 is 2.64 bits per heavy atom. The maximum atomic E-state index is 12.1. The minimum Gasteiger partial charge on any atom is -0.476 e. The Labute approximate surface area is 141 Å². The van der Waals surface area contributed by atoms with Gasteiger partial charge in [0.1, 0.15) is 4.90 Å². The molecule has 2 heterocycles. The fourth-order valence-corrected chi connectivity index (χ4v) is 2.89. The minimum absolute atomic E-state index is 0.00948. The van der Waals surface area contributed by atoms with Crippen LogP contribution < -0.4 is 14.3 Å². The van der Waals surface area contributed by atoms with Crippen molar-refractivity contribution >= 4 is 10.0 Å². The van der Waals surface area contributed by atoms with Gasteiger partial charge in [-0.1, -0.05) is 5.10 Å². The quantitative estimate of drug-likeness (QED) is 0.671. The average molecular weight is 383 g/mol. The summed E-state index contributed by atoms with van der Waals surface area (Å²) in [7, 11) is -2.23. The van der Waals surface area contributed by atoms with Crippen LogP contribution in [0.4, 0.5) is 13.2 Å². The Balaban J connectivity index is 1.83. The predicted octanol–water partition coefficient (Wildman–Crippen LogP) is 0.621. The molecule has 2 rings (SSSR count). The molecule has 0 atom stereocenters. The standard InChI is InChI=1S/C12H16F3N5O4S/c1-9-10(7-19(2)17-9)25(21,22)16-8-24-20-5-3-11(18-20)23-6-4-12(13,14)15/h3,5,7,16H,4,6,8H2,1-2H3. The molecule has 0 saturated heterocycles. The van der Waals surface area contributed by atoms with E-state index in [1.807, 2.05) is 0 Å². The van der Waals surface area contributed by atoms with Crippen LogP contribution in [-0.4, -0.2) is 47.7 Å². The highest BCUT2D eigenvalue weighted by molar-refractivity contribution is 7.89. The second-order valence-corrected chi connectivity index (χ2v) is 6.68. The zero-order chi connectivity index (χ0) is 18.7. The van der Waals surface area contributed by atoms with Gasteiger partial charge in [0.25, 0.3) is 0 Å². The number of alkyl halides is 3. The first-order valence-corrected chi connectivity index (χ1v) is 8.43. The van der Waals surface area contributed by atoms with Gasteiger partial charge in [-0.3, -0.25) is 4.68 Å². The topological polar surface area (TPSA) is 100 Å². The summed E-state index contributed by atoms with van der Waals surface area (Å²) in [5.74, 6) is -0.0739. The third-order valence-corrected chi connectivity index (χ3v) is 4.36. The second-order valence-electron chi connectivity index (χ2n) is 4.94. The molecule has 1 N–H and O–H groups in total. The number of aryl methyl sites for hydroxylation is 2. The first kappa shape index (κ1) is 19.1. The third kappa shape index (κ3) is 5.63. The molecule has 0 bridgehead atoms. The molecule has 0 fully saturated rings. The lowest BCUT2D eigenvalue weighted by Crippen LogP contribution is -2.31. The Morgan fingerprint density at radius 1 is 1.32 bits per heavy atom. The number of nitrogens with zero attached hydrogens (tertiary/aromatic N) is 4. The molecule has 0 unspecified atom stereocenters. The van der Waals surface area contributed by atoms with Crippen molar-refractivity contribution in [3.05, 3.63) is 24.2 Å². The van der Waals surface area contributed by atoms with Crippen LogP contribution in [0.5, 0.6) is 5.88 Å². The lowest BCUT2D eigenvalue weighted by molar-refractivity contribution is -0.139. The van der Waals surface area contributed by atoms with Crippen molar-refractivity contribution in [3.63, 3.8) is 0 Å². The van der Waals surface area contributed by atoms with Gasteiger partial charge in [-0.15, -0.1) is 4.85 Å². The summed E-state index contributed by atoms with van der Waals surface area (Å²) >= 11 is 0. The smallest absolute Gasteiger partial charge is 0.392 e. The molecule has 0 spiro atoms. The number of nitrogens with one attached hydrogen (secondary N) is 1. The fourth-order valence-electron chi connectivity index (χ4n) is 1.80. The largest absolute Gasteiger partial charge is 0.476 e. The number of sulfonamides is 1. The highest BCUT2D eigenvalue weighted by Gasteiger charge is 2.27. The number of rotatable bonds is 8. The Kier molecular flexibility index (Phi) is 5.57. The molecule has 2 aromatic heterocycles. The molecule has 0 radical (unpaired) electrons. The lowest BCUT2D eigenvalue weighted by Gasteiger charge is -2.07. The molecule has 0 amide bonds. The van der Waals surface area contributed by atoms with E-state index in [1.54, 1.807) is 14.0 Å². The van der Waals surface area contributed by atoms with Gasteiger partial charge in [0, 0.05) is 19.3 Å². The van der Waals surface area contributed by atoms with Gasteiger partial charge in [-0.25, -0.2) is 8.42 Å². The van der Waals surface area contributed by atoms with E-state index in [2.05, 4.69) is 14.9 Å². The van der Waals surface area contributed by atoms with Crippen molar-refractivity contribution in [1.29, 1.82) is 0 Å². The van der Waals surface area contributed by atoms with Gasteiger partial charge in [0.05, 0.1) is 24.9 Å². The van der Waals surface area contributed by atoms with Crippen LogP contribution in [-0.2, 0) is 17.1 Å². The summed E-state index contributed by atoms with van der Waals surface area (Å²) in [4.78, 5) is 5.91. The Morgan fingerprint density at radius 2 is 2.04 bits per heavy atom. The summed E-state index contributed by atoms with van der Waals surface area (Å²) in [6, 6.07) is 1.29. The highest BCUT2D eigenvalue weighted by atomic mass is 32.2. The van der Waals surface area contributed by atoms with Gasteiger partial charge >= 0.3 is 6.18 Å². The summed E-state index contributed by atoms with van der Waals surface area (Å²) in [5, 5.41) is 7.63. The number of halogens is 3. The highest BCUT2D eigenvalue weighted by Crippen LogP contribution is 2.19. The van der Waals surface area contributed by atoms with Crippen molar-refractivity contribution in [2.45, 2.75) is 24.4 Å². The molecule has 0 aliphatic carbocycles. The van der Waals surface area contributed by atoms with Crippen LogP contribution in [0.3, 0.4) is 0 Å². The molecule has 140 valence electrons. The monoisotopic (exact) mass is 383 g/mol. The number of hydrogen-bond acceptors (Lipinski definition) is 6. The molecule has 0 aliphatic heterocycles. The molecule has 0 saturated carbocycles. The molecule has 2 aromatic rings. The maximum absolute atomic E-state index is 12.1. The van der Waals surface area contributed by atoms with E-state index in [-0.39, 0.29) is 10.8 Å². The molecular weight excluding hydrogens is 367 g/mol. The second kappa shape index (κ2) is 7.31. The molecule has 0 aromatic carbocycles. The zero-order valence-electron chi connectivity index (χ0n) is 13.3. The van der Waals surface area contributed by atoms with Crippen molar-refractivity contribution in [1.82, 2.24) is 24.4 Å². The molecule has 25 heavy (non-hydrogen) atoms. The number of ether oxygens (including phenoxy) is 1. The van der Waals surface area contributed by atoms with Crippen LogP contribution >= 0.6 is 0 Å². The minimum atomic E-state index is -4.32. The zero-order valence-corrected chi connectivity index (χ0v) is 14.1. The summed E-state index contributed by atoms with van der Waals surface area (Å²) in [5.41, 5.74) is 0.328. The number of hydrogen-bond donors (Lipinski definition) is 1. The third-order valence-electron chi connectivity index (χ3n) is 2.88. The molecule has 13 heteroatoms. The van der Waals surface area contributed by atoms with Gasteiger partial charge in [0.2, 0.25) is 15.9 Å². The van der Waals surface area contributed by atoms with E-state index in [9.17, 15) is 21.6 Å². The van der Waals surface area contributed by atoms with Crippen molar-refractivity contribution in [3.8, 4) is 5.88 Å². The molecular formula is C12H16F3N5O4S. The normalized spacial score (nSPS) is 12.4. The van der Waals surface area contributed by atoms with Crippen LogP contribution in [0.2, 0.25) is 0 Å². The Hall–Kier alpha value is -2.28. The predicted molar refractivity (Wildman–Crippen MR) is 78.1 cm³/mol. The van der Waals surface area contributed by atoms with Gasteiger partial charge in [-0.2, -0.15) is 23.0 Å². The van der Waals surface area contributed by atoms with Gasteiger partial charge < -0.3 is 9.57 Å². The summed E-state index contributed by atoms with van der Waals surface area (Å²) in [6.45, 7) is 0.529. The van der Waals surface area contributed by atoms with Crippen LogP contribution in [0, 0.1) is 6.92 Å². The van der Waals surface area contributed by atoms with Crippen LogP contribution in [0.25, 0.3) is 0 Å². The summed E-state index contributed by atoms with van der Waals surface area (Å²) in [6.07, 6.45) is -2.81. The van der Waals surface area contributed by atoms with Crippen molar-refractivity contribution < 1.29 is 31.2 Å². The SMILES string of the molecule is Cc1nn(C)cc1S(=O)(=O)NCOn1ccc(OCCC(F)(F)F)n1. The van der Waals surface area contributed by atoms with E-state index in [4.69, 9.17) is 9.57 Å². The van der Waals surface area contributed by atoms with Gasteiger partial charge in [-0.05, 0) is 6.92 Å². The first-order valence-electron chi connectivity index (χ1n) is 6.95. The summed E-state index contributed by atoms with van der Waals surface area (Å²) < 4.78 is 68.6. The average Bonchev–Trinajstić information content (AvgIpc) is 3.04. The van der Waals surface area contributed by atoms with Crippen LogP contribution in [0.15, 0.2) is 23.4 Å². The lowest BCUT2D eigenvalue weighted by atomic mass is 10.4. The van der Waals surface area contributed by atoms with Gasteiger partial charge in [0.15, 0.2) is 6.73 Å². The van der Waals surface area contributed by atoms with E-state index in [0.29, 0.717) is 5.69 Å². The molecule has 9 nitrogen and oxygen atoms in total. The van der Waals surface area contributed by atoms with Crippen molar-refractivity contribution in [2.24, 2.45) is 7.05 Å². The molecule has 0 aliphatic rings. The van der Waals surface area contributed by atoms with E-state index in [1.165, 1.54) is 23.1 Å². The van der Waals surface area contributed by atoms with E-state index in [0.717, 1.165) is 4.85 Å². The van der Waals surface area contributed by atoms with E-state index < -0.39 is 36.0 Å². The Bertz CT molecular complexity index is 815. The number of aromatic nitrogens is 4.